The molecule has 2 nitrogen and oxygen atoms in total. The number of nitrogens with zero attached hydrogens (tertiary/aromatic N) is 1. The minimum atomic E-state index is -4.71. The molecule has 2 N–H and O–H groups in total. The van der Waals surface area contributed by atoms with E-state index in [-0.39, 0.29) is 6.54 Å². The maximum atomic E-state index is 12.7. The van der Waals surface area contributed by atoms with Crippen LogP contribution in [0, 0.1) is 6.92 Å². The minimum absolute atomic E-state index is 0.115. The van der Waals surface area contributed by atoms with Gasteiger partial charge >= 0.3 is 11.7 Å². The van der Waals surface area contributed by atoms with Crippen molar-refractivity contribution in [2.24, 2.45) is 0 Å². The van der Waals surface area contributed by atoms with Crippen LogP contribution in [0.25, 0.3) is 0 Å². The average Bonchev–Trinajstić information content (AvgIpc) is 2.75. The van der Waals surface area contributed by atoms with Gasteiger partial charge in [0.05, 0.1) is 10.6 Å². The summed E-state index contributed by atoms with van der Waals surface area (Å²) < 4.78 is 76.8. The van der Waals surface area contributed by atoms with E-state index in [2.05, 4.69) is 0 Å². The highest BCUT2D eigenvalue weighted by Gasteiger charge is 2.36. The summed E-state index contributed by atoms with van der Waals surface area (Å²) in [7, 11) is 0. The summed E-state index contributed by atoms with van der Waals surface area (Å²) in [5, 5.41) is -0.515. The molecule has 126 valence electrons. The van der Waals surface area contributed by atoms with Crippen molar-refractivity contribution in [2.75, 3.05) is 5.73 Å². The number of benzene rings is 1. The Morgan fingerprint density at radius 2 is 1.74 bits per heavy atom. The van der Waals surface area contributed by atoms with Crippen molar-refractivity contribution in [1.82, 2.24) is 4.57 Å². The number of nitrogens with two attached hydrogens (primary N) is 1. The molecule has 1 aromatic carbocycles. The quantitative estimate of drug-likeness (QED) is 0.475. The zero-order chi connectivity index (χ0) is 17.4. The van der Waals surface area contributed by atoms with Gasteiger partial charge in [-0.15, -0.1) is 0 Å². The highest BCUT2D eigenvalue weighted by Crippen LogP contribution is 2.40. The molecular formula is C14H12F6N2S. The van der Waals surface area contributed by atoms with Crippen molar-refractivity contribution in [2.45, 2.75) is 30.2 Å². The van der Waals surface area contributed by atoms with Gasteiger partial charge < -0.3 is 10.3 Å². The summed E-state index contributed by atoms with van der Waals surface area (Å²) in [5.74, 6) is 0. The van der Waals surface area contributed by atoms with E-state index in [9.17, 15) is 26.3 Å². The summed E-state index contributed by atoms with van der Waals surface area (Å²) in [6, 6.07) is 5.26. The molecule has 0 radical (unpaired) electrons. The van der Waals surface area contributed by atoms with Crippen LogP contribution in [0.3, 0.4) is 0 Å². The molecule has 0 saturated carbocycles. The molecule has 1 aromatic heterocycles. The van der Waals surface area contributed by atoms with E-state index in [4.69, 9.17) is 5.73 Å². The molecule has 0 aliphatic heterocycles. The van der Waals surface area contributed by atoms with E-state index in [0.29, 0.717) is 29.1 Å². The standard InChI is InChI=1S/C14H12F6N2S/c1-8-4-9(2-3-11(8)21)6-22-7-10(13(15,16)17)5-12(22)23-14(18,19)20/h2-5,7H,6,21H2,1H3. The second-order valence-corrected chi connectivity index (χ2v) is 6.02. The van der Waals surface area contributed by atoms with Crippen molar-refractivity contribution in [3.8, 4) is 0 Å². The van der Waals surface area contributed by atoms with Crippen LogP contribution in [0.15, 0.2) is 35.5 Å². The molecule has 1 heterocycles. The molecule has 0 spiro atoms. The molecule has 0 bridgehead atoms. The van der Waals surface area contributed by atoms with Gasteiger partial charge in [0.25, 0.3) is 0 Å². The summed E-state index contributed by atoms with van der Waals surface area (Å²) in [5.41, 5.74) is 1.63. The molecule has 2 rings (SSSR count). The lowest BCUT2D eigenvalue weighted by molar-refractivity contribution is -0.137. The van der Waals surface area contributed by atoms with Gasteiger partial charge in [-0.1, -0.05) is 12.1 Å². The molecule has 0 saturated heterocycles. The zero-order valence-corrected chi connectivity index (χ0v) is 12.6. The maximum Gasteiger partial charge on any atom is 0.447 e. The van der Waals surface area contributed by atoms with Gasteiger partial charge in [-0.05, 0) is 30.2 Å². The molecule has 0 atom stereocenters. The number of hydrogen-bond donors (Lipinski definition) is 1. The third kappa shape index (κ3) is 4.60. The van der Waals surface area contributed by atoms with Crippen molar-refractivity contribution >= 4 is 17.4 Å². The highest BCUT2D eigenvalue weighted by atomic mass is 32.2. The summed E-state index contributed by atoms with van der Waals surface area (Å²) in [6.45, 7) is 1.59. The Hall–Kier alpha value is -1.77. The molecule has 0 unspecified atom stereocenters. The Bertz CT molecular complexity index is 702. The molecular weight excluding hydrogens is 342 g/mol. The number of aromatic nitrogens is 1. The average molecular weight is 354 g/mol. The fourth-order valence-electron chi connectivity index (χ4n) is 2.00. The molecule has 23 heavy (non-hydrogen) atoms. The molecule has 9 heteroatoms. The number of anilines is 1. The SMILES string of the molecule is Cc1cc(Cn2cc(C(F)(F)F)cc2SC(F)(F)F)ccc1N. The van der Waals surface area contributed by atoms with Crippen molar-refractivity contribution < 1.29 is 26.3 Å². The number of thioether (sulfide) groups is 1. The van der Waals surface area contributed by atoms with E-state index in [1.165, 1.54) is 0 Å². The van der Waals surface area contributed by atoms with E-state index in [1.807, 2.05) is 0 Å². The Morgan fingerprint density at radius 3 is 2.26 bits per heavy atom. The monoisotopic (exact) mass is 354 g/mol. The number of aryl methyl sites for hydroxylation is 1. The second kappa shape index (κ2) is 6.03. The summed E-state index contributed by atoms with van der Waals surface area (Å²) in [6.07, 6.45) is -4.02. The summed E-state index contributed by atoms with van der Waals surface area (Å²) >= 11 is -0.571. The predicted molar refractivity (Wildman–Crippen MR) is 76.0 cm³/mol. The van der Waals surface area contributed by atoms with Crippen LogP contribution in [0.1, 0.15) is 16.7 Å². The first-order valence-electron chi connectivity index (χ1n) is 6.34. The van der Waals surface area contributed by atoms with Gasteiger partial charge in [0, 0.05) is 30.2 Å². The number of alkyl halides is 6. The van der Waals surface area contributed by atoms with Crippen molar-refractivity contribution in [3.63, 3.8) is 0 Å². The van der Waals surface area contributed by atoms with Gasteiger partial charge in [0.2, 0.25) is 0 Å². The fourth-order valence-corrected chi connectivity index (χ4v) is 2.66. The van der Waals surface area contributed by atoms with E-state index in [1.54, 1.807) is 25.1 Å². The number of rotatable bonds is 3. The van der Waals surface area contributed by atoms with Gasteiger partial charge in [0.1, 0.15) is 0 Å². The molecule has 0 fully saturated rings. The molecule has 0 aliphatic carbocycles. The Balaban J connectivity index is 2.38. The first-order valence-corrected chi connectivity index (χ1v) is 7.15. The Morgan fingerprint density at radius 1 is 1.09 bits per heavy atom. The summed E-state index contributed by atoms with van der Waals surface area (Å²) in [4.78, 5) is 0. The third-order valence-electron chi connectivity index (χ3n) is 3.09. The van der Waals surface area contributed by atoms with E-state index >= 15 is 0 Å². The number of nitrogen functional groups attached to an aromatic ring is 1. The largest absolute Gasteiger partial charge is 0.447 e. The van der Waals surface area contributed by atoms with E-state index in [0.717, 1.165) is 4.57 Å². The van der Waals surface area contributed by atoms with Crippen molar-refractivity contribution in [1.29, 1.82) is 0 Å². The number of hydrogen-bond acceptors (Lipinski definition) is 2. The first-order chi connectivity index (χ1) is 10.5. The Labute approximate surface area is 132 Å². The van der Waals surface area contributed by atoms with Crippen LogP contribution >= 0.6 is 11.8 Å². The van der Waals surface area contributed by atoms with Crippen LogP contribution in [0.2, 0.25) is 0 Å². The van der Waals surface area contributed by atoms with Crippen LogP contribution in [0.5, 0.6) is 0 Å². The second-order valence-electron chi connectivity index (χ2n) is 4.93. The predicted octanol–water partition coefficient (Wildman–Crippen LogP) is 5.06. The lowest BCUT2D eigenvalue weighted by atomic mass is 10.1. The van der Waals surface area contributed by atoms with Crippen LogP contribution in [0.4, 0.5) is 32.0 Å². The van der Waals surface area contributed by atoms with Gasteiger partial charge in [-0.25, -0.2) is 0 Å². The van der Waals surface area contributed by atoms with Crippen LogP contribution in [-0.2, 0) is 12.7 Å². The molecule has 0 amide bonds. The van der Waals surface area contributed by atoms with E-state index < -0.39 is 34.0 Å². The van der Waals surface area contributed by atoms with Crippen LogP contribution in [-0.4, -0.2) is 10.1 Å². The van der Waals surface area contributed by atoms with Crippen LogP contribution < -0.4 is 5.73 Å². The van der Waals surface area contributed by atoms with Gasteiger partial charge in [-0.3, -0.25) is 0 Å². The molecule has 2 aromatic rings. The smallest absolute Gasteiger partial charge is 0.399 e. The maximum absolute atomic E-state index is 12.7. The minimum Gasteiger partial charge on any atom is -0.399 e. The third-order valence-corrected chi connectivity index (χ3v) is 3.88. The Kier molecular flexibility index (Phi) is 4.61. The highest BCUT2D eigenvalue weighted by molar-refractivity contribution is 8.00. The first kappa shape index (κ1) is 17.6. The lowest BCUT2D eigenvalue weighted by Crippen LogP contribution is -2.06. The lowest BCUT2D eigenvalue weighted by Gasteiger charge is -2.11. The number of halogens is 6. The molecule has 0 aliphatic rings. The van der Waals surface area contributed by atoms with Crippen molar-refractivity contribution in [3.05, 3.63) is 47.2 Å². The van der Waals surface area contributed by atoms with Gasteiger partial charge in [-0.2, -0.15) is 26.3 Å². The fraction of sp³-hybridized carbons (Fsp3) is 0.286. The van der Waals surface area contributed by atoms with Gasteiger partial charge in [0.15, 0.2) is 0 Å². The zero-order valence-electron chi connectivity index (χ0n) is 11.8. The normalized spacial score (nSPS) is 12.7. The topological polar surface area (TPSA) is 30.9 Å².